The number of aromatic nitrogens is 5. The first-order chi connectivity index (χ1) is 16.5. The number of hydrogen-bond acceptors (Lipinski definition) is 7. The van der Waals surface area contributed by atoms with Gasteiger partial charge in [-0.05, 0) is 31.4 Å². The third-order valence-corrected chi connectivity index (χ3v) is 5.85. The highest BCUT2D eigenvalue weighted by atomic mass is 19.1. The Hall–Kier alpha value is -4.15. The molecule has 0 spiro atoms. The molecule has 1 fully saturated rings. The minimum atomic E-state index is -0.853. The molecule has 0 saturated heterocycles. The van der Waals surface area contributed by atoms with Crippen molar-refractivity contribution < 1.29 is 23.2 Å². The molecule has 0 aliphatic heterocycles. The molecule has 9 nitrogen and oxygen atoms in total. The number of aliphatic carboxylic acids is 1. The van der Waals surface area contributed by atoms with Crippen molar-refractivity contribution in [3.05, 3.63) is 66.1 Å². The molecule has 11 heteroatoms. The maximum absolute atomic E-state index is 14.4. The van der Waals surface area contributed by atoms with Gasteiger partial charge in [-0.1, -0.05) is 23.4 Å². The van der Waals surface area contributed by atoms with Crippen LogP contribution in [0, 0.1) is 17.6 Å². The zero-order valence-electron chi connectivity index (χ0n) is 17.9. The summed E-state index contributed by atoms with van der Waals surface area (Å²) in [5, 5.41) is 20.7. The van der Waals surface area contributed by atoms with Crippen LogP contribution in [-0.2, 0) is 11.3 Å². The largest absolute Gasteiger partial charge is 0.481 e. The molecule has 0 bridgehead atoms. The highest BCUT2D eigenvalue weighted by Crippen LogP contribution is 2.30. The molecule has 34 heavy (non-hydrogen) atoms. The van der Waals surface area contributed by atoms with Crippen LogP contribution in [0.5, 0.6) is 0 Å². The molecule has 4 aromatic rings. The normalized spacial score (nSPS) is 17.7. The lowest BCUT2D eigenvalue weighted by Crippen LogP contribution is -2.19. The van der Waals surface area contributed by atoms with Gasteiger partial charge < -0.3 is 14.9 Å². The predicted octanol–water partition coefficient (Wildman–Crippen LogP) is 3.99. The summed E-state index contributed by atoms with van der Waals surface area (Å²) >= 11 is 0. The van der Waals surface area contributed by atoms with E-state index in [9.17, 15) is 18.7 Å². The maximum atomic E-state index is 14.4. The molecule has 2 atom stereocenters. The summed E-state index contributed by atoms with van der Waals surface area (Å²) in [6, 6.07) is 9.48. The Labute approximate surface area is 192 Å². The molecule has 2 unspecified atom stereocenters. The molecule has 0 amide bonds. The van der Waals surface area contributed by atoms with E-state index < -0.39 is 17.7 Å². The van der Waals surface area contributed by atoms with Gasteiger partial charge in [0.05, 0.1) is 24.4 Å². The smallest absolute Gasteiger partial charge is 0.306 e. The first-order valence-corrected chi connectivity index (χ1v) is 10.7. The van der Waals surface area contributed by atoms with Crippen molar-refractivity contribution >= 4 is 11.8 Å². The van der Waals surface area contributed by atoms with E-state index in [-0.39, 0.29) is 30.0 Å². The number of nitrogens with zero attached hydrogens (tertiary/aromatic N) is 5. The lowest BCUT2D eigenvalue weighted by molar-refractivity contribution is -0.141. The third-order valence-electron chi connectivity index (χ3n) is 5.85. The van der Waals surface area contributed by atoms with Crippen LogP contribution in [0.4, 0.5) is 14.6 Å². The van der Waals surface area contributed by atoms with Crippen LogP contribution < -0.4 is 5.32 Å². The molecule has 0 radical (unpaired) electrons. The summed E-state index contributed by atoms with van der Waals surface area (Å²) in [7, 11) is 0. The van der Waals surface area contributed by atoms with Crippen LogP contribution in [0.25, 0.3) is 22.9 Å². The van der Waals surface area contributed by atoms with Crippen LogP contribution in [0.15, 0.2) is 53.4 Å². The van der Waals surface area contributed by atoms with Crippen molar-refractivity contribution in [3.63, 3.8) is 0 Å². The second-order valence-corrected chi connectivity index (χ2v) is 8.13. The average molecular weight is 466 g/mol. The van der Waals surface area contributed by atoms with Crippen LogP contribution in [0.2, 0.25) is 0 Å². The highest BCUT2D eigenvalue weighted by Gasteiger charge is 2.30. The second-order valence-electron chi connectivity index (χ2n) is 8.13. The quantitative estimate of drug-likeness (QED) is 0.420. The second kappa shape index (κ2) is 9.00. The topological polar surface area (TPSA) is 119 Å². The van der Waals surface area contributed by atoms with Gasteiger partial charge in [-0.2, -0.15) is 5.10 Å². The van der Waals surface area contributed by atoms with E-state index in [1.165, 1.54) is 12.3 Å². The SMILES string of the molecule is O=C(O)C1CCC(Nc2nc(-c3cc(-c4ccon4)n(Cc4ccccc4F)n3)ncc2F)C1. The fourth-order valence-electron chi connectivity index (χ4n) is 4.11. The standard InChI is InChI=1S/C23H20F2N6O3/c24-16-4-2-1-3-14(16)12-31-20(18-7-8-34-30-18)10-19(29-31)22-26-11-17(25)21(28-22)27-15-6-5-13(9-15)23(32)33/h1-4,7-8,10-11,13,15H,5-6,9,12H2,(H,32,33)(H,26,27,28). The Morgan fingerprint density at radius 1 is 1.18 bits per heavy atom. The van der Waals surface area contributed by atoms with Crippen molar-refractivity contribution in [2.45, 2.75) is 31.8 Å². The van der Waals surface area contributed by atoms with Crippen LogP contribution in [0.3, 0.4) is 0 Å². The van der Waals surface area contributed by atoms with Gasteiger partial charge >= 0.3 is 5.97 Å². The average Bonchev–Trinajstić information content (AvgIpc) is 3.58. The van der Waals surface area contributed by atoms with Gasteiger partial charge in [0.15, 0.2) is 17.5 Å². The number of halogens is 2. The number of nitrogens with one attached hydrogen (secondary N) is 1. The summed E-state index contributed by atoms with van der Waals surface area (Å²) in [5.41, 5.74) is 1.81. The molecular weight excluding hydrogens is 446 g/mol. The van der Waals surface area contributed by atoms with E-state index in [2.05, 4.69) is 25.5 Å². The summed E-state index contributed by atoms with van der Waals surface area (Å²) in [5.74, 6) is -2.19. The number of carboxylic acid groups (broad SMARTS) is 1. The Morgan fingerprint density at radius 2 is 2.03 bits per heavy atom. The zero-order chi connectivity index (χ0) is 23.7. The highest BCUT2D eigenvalue weighted by molar-refractivity contribution is 5.70. The Bertz CT molecular complexity index is 1320. The Balaban J connectivity index is 1.46. The number of hydrogen-bond donors (Lipinski definition) is 2. The van der Waals surface area contributed by atoms with E-state index in [1.54, 1.807) is 35.0 Å². The minimum absolute atomic E-state index is 0.0207. The summed E-state index contributed by atoms with van der Waals surface area (Å²) in [4.78, 5) is 19.6. The van der Waals surface area contributed by atoms with Crippen LogP contribution in [-0.4, -0.2) is 42.0 Å². The lowest BCUT2D eigenvalue weighted by atomic mass is 10.1. The zero-order valence-corrected chi connectivity index (χ0v) is 17.9. The summed E-state index contributed by atoms with van der Waals surface area (Å²) in [6.07, 6.45) is 3.97. The fraction of sp³-hybridized carbons (Fsp3) is 0.261. The van der Waals surface area contributed by atoms with Crippen LogP contribution >= 0.6 is 0 Å². The lowest BCUT2D eigenvalue weighted by Gasteiger charge is -2.14. The van der Waals surface area contributed by atoms with Gasteiger partial charge in [-0.3, -0.25) is 9.48 Å². The number of anilines is 1. The first kappa shape index (κ1) is 21.7. The maximum Gasteiger partial charge on any atom is 0.306 e. The van der Waals surface area contributed by atoms with Gasteiger partial charge in [0.2, 0.25) is 0 Å². The molecule has 174 valence electrons. The molecule has 1 aliphatic rings. The summed E-state index contributed by atoms with van der Waals surface area (Å²) in [6.45, 7) is 0.125. The molecule has 1 saturated carbocycles. The van der Waals surface area contributed by atoms with Crippen molar-refractivity contribution in [2.75, 3.05) is 5.32 Å². The number of carbonyl (C=O) groups is 1. The van der Waals surface area contributed by atoms with Crippen molar-refractivity contribution in [1.82, 2.24) is 24.9 Å². The first-order valence-electron chi connectivity index (χ1n) is 10.7. The van der Waals surface area contributed by atoms with E-state index in [0.717, 1.165) is 6.20 Å². The molecule has 2 N–H and O–H groups in total. The van der Waals surface area contributed by atoms with Crippen molar-refractivity contribution in [2.24, 2.45) is 5.92 Å². The molecule has 5 rings (SSSR count). The number of benzene rings is 1. The van der Waals surface area contributed by atoms with E-state index in [1.807, 2.05) is 0 Å². The Morgan fingerprint density at radius 3 is 2.76 bits per heavy atom. The molecule has 1 aliphatic carbocycles. The fourth-order valence-corrected chi connectivity index (χ4v) is 4.11. The van der Waals surface area contributed by atoms with Gasteiger partial charge in [-0.25, -0.2) is 18.7 Å². The predicted molar refractivity (Wildman–Crippen MR) is 117 cm³/mol. The molecule has 1 aromatic carbocycles. The van der Waals surface area contributed by atoms with E-state index in [0.29, 0.717) is 41.9 Å². The van der Waals surface area contributed by atoms with Gasteiger partial charge in [0.25, 0.3) is 0 Å². The third kappa shape index (κ3) is 4.36. The van der Waals surface area contributed by atoms with Crippen LogP contribution in [0.1, 0.15) is 24.8 Å². The monoisotopic (exact) mass is 466 g/mol. The van der Waals surface area contributed by atoms with Crippen molar-refractivity contribution in [3.8, 4) is 22.9 Å². The Kier molecular flexibility index (Phi) is 5.74. The van der Waals surface area contributed by atoms with E-state index >= 15 is 0 Å². The van der Waals surface area contributed by atoms with Gasteiger partial charge in [0.1, 0.15) is 23.5 Å². The number of carboxylic acids is 1. The van der Waals surface area contributed by atoms with Gasteiger partial charge in [0, 0.05) is 17.7 Å². The summed E-state index contributed by atoms with van der Waals surface area (Å²) < 4.78 is 35.2. The van der Waals surface area contributed by atoms with Crippen molar-refractivity contribution in [1.29, 1.82) is 0 Å². The molecule has 3 heterocycles. The minimum Gasteiger partial charge on any atom is -0.481 e. The van der Waals surface area contributed by atoms with E-state index in [4.69, 9.17) is 4.52 Å². The molecular formula is C23H20F2N6O3. The molecule has 3 aromatic heterocycles. The number of rotatable bonds is 7. The van der Waals surface area contributed by atoms with Gasteiger partial charge in [-0.15, -0.1) is 0 Å².